The second kappa shape index (κ2) is 24.3. The lowest BCUT2D eigenvalue weighted by Gasteiger charge is -2.11. The van der Waals surface area contributed by atoms with Crippen LogP contribution >= 0.6 is 0 Å². The molecule has 0 aromatic heterocycles. The van der Waals surface area contributed by atoms with Gasteiger partial charge in [-0.2, -0.15) is 0 Å². The molecule has 0 aliphatic heterocycles. The van der Waals surface area contributed by atoms with E-state index in [1.54, 1.807) is 6.92 Å². The molecule has 0 bridgehead atoms. The zero-order chi connectivity index (χ0) is 23.0. The van der Waals surface area contributed by atoms with Gasteiger partial charge in [-0.25, -0.2) is 0 Å². The van der Waals surface area contributed by atoms with Gasteiger partial charge in [0, 0.05) is 12.5 Å². The lowest BCUT2D eigenvalue weighted by Crippen LogP contribution is -2.05. The Morgan fingerprint density at radius 3 is 1.13 bits per heavy atom. The van der Waals surface area contributed by atoms with Crippen LogP contribution in [0.2, 0.25) is 0 Å². The second-order valence-corrected chi connectivity index (χ2v) is 10.4. The van der Waals surface area contributed by atoms with Gasteiger partial charge in [0.15, 0.2) is 0 Å². The first-order valence-corrected chi connectivity index (χ1v) is 14.2. The Hall–Kier alpha value is -0.370. The first kappa shape index (κ1) is 30.6. The lowest BCUT2D eigenvalue weighted by atomic mass is 9.95. The normalized spacial score (nSPS) is 13.4. The van der Waals surface area contributed by atoms with Crippen LogP contribution in [0, 0.1) is 11.8 Å². The predicted molar refractivity (Wildman–Crippen MR) is 138 cm³/mol. The van der Waals surface area contributed by atoms with Crippen LogP contribution < -0.4 is 0 Å². The molecule has 0 saturated carbocycles. The Morgan fingerprint density at radius 2 is 0.806 bits per heavy atom. The molecule has 0 saturated heterocycles. The Morgan fingerprint density at radius 1 is 0.516 bits per heavy atom. The molecule has 0 heterocycles. The highest BCUT2D eigenvalue weighted by molar-refractivity contribution is 5.77. The van der Waals surface area contributed by atoms with Gasteiger partial charge in [0.2, 0.25) is 0 Å². The fourth-order valence-electron chi connectivity index (χ4n) is 4.55. The van der Waals surface area contributed by atoms with E-state index in [2.05, 4.69) is 13.8 Å². The van der Waals surface area contributed by atoms with Crippen molar-refractivity contribution in [2.45, 2.75) is 162 Å². The topological polar surface area (TPSA) is 37.3 Å². The van der Waals surface area contributed by atoms with Crippen molar-refractivity contribution in [2.24, 2.45) is 11.8 Å². The third kappa shape index (κ3) is 24.1. The molecule has 2 heteroatoms. The summed E-state index contributed by atoms with van der Waals surface area (Å²) in [5, 5.41) is 8.76. The van der Waals surface area contributed by atoms with Crippen LogP contribution in [0.3, 0.4) is 0 Å². The Balaban J connectivity index is 3.19. The highest BCUT2D eigenvalue weighted by Gasteiger charge is 2.06. The number of aliphatic hydroxyl groups excluding tert-OH is 1. The fraction of sp³-hybridized carbons (Fsp3) is 0.966. The summed E-state index contributed by atoms with van der Waals surface area (Å²) in [6.07, 6.45) is 29.7. The number of ketones is 1. The standard InChI is InChI=1S/C29H58O2/c1-27(24-20-16-14-17-21-25-28(2)29(3)31)23-19-15-12-10-8-6-4-5-7-9-11-13-18-22-26-30/h27-28,30H,4-26H2,1-3H3/t27?,28-/m0/s1. The molecule has 0 aliphatic rings. The number of rotatable bonds is 25. The van der Waals surface area contributed by atoms with Gasteiger partial charge >= 0.3 is 0 Å². The SMILES string of the molecule is CC(=O)[C@@H](C)CCCCCCCC(C)CCCCCCCCCCCCCCCCO. The third-order valence-corrected chi connectivity index (χ3v) is 7.13. The van der Waals surface area contributed by atoms with Crippen LogP contribution in [-0.2, 0) is 4.79 Å². The minimum Gasteiger partial charge on any atom is -0.396 e. The van der Waals surface area contributed by atoms with E-state index in [4.69, 9.17) is 5.11 Å². The number of Topliss-reactive ketones (excluding diaryl/α,β-unsaturated/α-hetero) is 1. The van der Waals surface area contributed by atoms with E-state index in [-0.39, 0.29) is 5.92 Å². The van der Waals surface area contributed by atoms with E-state index in [0.29, 0.717) is 12.4 Å². The fourth-order valence-corrected chi connectivity index (χ4v) is 4.55. The number of aliphatic hydroxyl groups is 1. The molecule has 0 aliphatic carbocycles. The third-order valence-electron chi connectivity index (χ3n) is 7.13. The molecule has 2 atom stereocenters. The number of carbonyl (C=O) groups excluding carboxylic acids is 1. The zero-order valence-electron chi connectivity index (χ0n) is 21.8. The van der Waals surface area contributed by atoms with Crippen LogP contribution in [0.1, 0.15) is 162 Å². The van der Waals surface area contributed by atoms with E-state index in [1.807, 2.05) is 0 Å². The van der Waals surface area contributed by atoms with Crippen molar-refractivity contribution in [1.29, 1.82) is 0 Å². The monoisotopic (exact) mass is 438 g/mol. The summed E-state index contributed by atoms with van der Waals surface area (Å²) in [6, 6.07) is 0. The average molecular weight is 439 g/mol. The molecule has 0 spiro atoms. The number of unbranched alkanes of at least 4 members (excludes halogenated alkanes) is 17. The predicted octanol–water partition coefficient (Wildman–Crippen LogP) is 9.42. The summed E-state index contributed by atoms with van der Waals surface area (Å²) in [5.74, 6) is 1.52. The molecule has 0 fully saturated rings. The summed E-state index contributed by atoms with van der Waals surface area (Å²) in [4.78, 5) is 11.2. The summed E-state index contributed by atoms with van der Waals surface area (Å²) in [7, 11) is 0. The van der Waals surface area contributed by atoms with Crippen molar-refractivity contribution >= 4 is 5.78 Å². The Labute approximate surface area is 196 Å². The maximum Gasteiger partial charge on any atom is 0.132 e. The van der Waals surface area contributed by atoms with Gasteiger partial charge in [0.1, 0.15) is 5.78 Å². The van der Waals surface area contributed by atoms with E-state index in [9.17, 15) is 4.79 Å². The first-order valence-electron chi connectivity index (χ1n) is 14.2. The largest absolute Gasteiger partial charge is 0.396 e. The van der Waals surface area contributed by atoms with Crippen LogP contribution in [0.25, 0.3) is 0 Å². The summed E-state index contributed by atoms with van der Waals surface area (Å²) >= 11 is 0. The molecular weight excluding hydrogens is 380 g/mol. The van der Waals surface area contributed by atoms with Crippen LogP contribution in [0.5, 0.6) is 0 Å². The Kier molecular flexibility index (Phi) is 24.0. The van der Waals surface area contributed by atoms with Gasteiger partial charge in [-0.05, 0) is 25.7 Å². The Bertz CT molecular complexity index is 366. The molecule has 0 radical (unpaired) electrons. The van der Waals surface area contributed by atoms with Crippen molar-refractivity contribution < 1.29 is 9.90 Å². The van der Waals surface area contributed by atoms with E-state index in [0.717, 1.165) is 18.8 Å². The minimum atomic E-state index is 0.267. The van der Waals surface area contributed by atoms with Gasteiger partial charge in [-0.1, -0.05) is 142 Å². The van der Waals surface area contributed by atoms with Crippen molar-refractivity contribution in [3.63, 3.8) is 0 Å². The van der Waals surface area contributed by atoms with Crippen LogP contribution in [0.4, 0.5) is 0 Å². The molecule has 0 amide bonds. The van der Waals surface area contributed by atoms with Gasteiger partial charge in [-0.3, -0.25) is 4.79 Å². The van der Waals surface area contributed by atoms with E-state index < -0.39 is 0 Å². The van der Waals surface area contributed by atoms with E-state index in [1.165, 1.54) is 128 Å². The summed E-state index contributed by atoms with van der Waals surface area (Å²) in [6.45, 7) is 6.60. The molecule has 0 aromatic carbocycles. The van der Waals surface area contributed by atoms with E-state index >= 15 is 0 Å². The van der Waals surface area contributed by atoms with Gasteiger partial charge in [0.25, 0.3) is 0 Å². The maximum atomic E-state index is 11.2. The molecule has 1 N–H and O–H groups in total. The summed E-state index contributed by atoms with van der Waals surface area (Å²) < 4.78 is 0. The number of hydrogen-bond donors (Lipinski definition) is 1. The van der Waals surface area contributed by atoms with Crippen LogP contribution in [0.15, 0.2) is 0 Å². The van der Waals surface area contributed by atoms with Gasteiger partial charge in [-0.15, -0.1) is 0 Å². The lowest BCUT2D eigenvalue weighted by molar-refractivity contribution is -0.120. The minimum absolute atomic E-state index is 0.267. The zero-order valence-corrected chi connectivity index (χ0v) is 21.8. The van der Waals surface area contributed by atoms with Crippen LogP contribution in [-0.4, -0.2) is 17.5 Å². The molecule has 1 unspecified atom stereocenters. The quantitative estimate of drug-likeness (QED) is 0.144. The average Bonchev–Trinajstić information content (AvgIpc) is 2.75. The summed E-state index contributed by atoms with van der Waals surface area (Å²) in [5.41, 5.74) is 0. The first-order chi connectivity index (χ1) is 15.1. The van der Waals surface area contributed by atoms with Crippen molar-refractivity contribution in [1.82, 2.24) is 0 Å². The van der Waals surface area contributed by atoms with Crippen molar-refractivity contribution in [3.05, 3.63) is 0 Å². The molecule has 0 aromatic rings. The molecule has 2 nitrogen and oxygen atoms in total. The smallest absolute Gasteiger partial charge is 0.132 e. The molecule has 186 valence electrons. The van der Waals surface area contributed by atoms with Crippen molar-refractivity contribution in [2.75, 3.05) is 6.61 Å². The van der Waals surface area contributed by atoms with Gasteiger partial charge in [0.05, 0.1) is 0 Å². The second-order valence-electron chi connectivity index (χ2n) is 10.4. The highest BCUT2D eigenvalue weighted by Crippen LogP contribution is 2.19. The molecule has 31 heavy (non-hydrogen) atoms. The molecule has 0 rings (SSSR count). The number of hydrogen-bond acceptors (Lipinski definition) is 2. The number of carbonyl (C=O) groups is 1. The molecular formula is C29H58O2. The van der Waals surface area contributed by atoms with Crippen molar-refractivity contribution in [3.8, 4) is 0 Å². The van der Waals surface area contributed by atoms with Gasteiger partial charge < -0.3 is 5.11 Å². The highest BCUT2D eigenvalue weighted by atomic mass is 16.2. The maximum absolute atomic E-state index is 11.2.